The summed E-state index contributed by atoms with van der Waals surface area (Å²) in [6.45, 7) is 0. The Bertz CT molecular complexity index is 1290. The van der Waals surface area contributed by atoms with Gasteiger partial charge in [-0.3, -0.25) is 14.6 Å². The van der Waals surface area contributed by atoms with Gasteiger partial charge in [-0.2, -0.15) is 14.6 Å². The van der Waals surface area contributed by atoms with Crippen LogP contribution in [0.1, 0.15) is 16.8 Å². The zero-order valence-electron chi connectivity index (χ0n) is 15.4. The predicted molar refractivity (Wildman–Crippen MR) is 110 cm³/mol. The molecule has 0 aliphatic rings. The predicted octanol–water partition coefficient (Wildman–Crippen LogP) is 1.11. The van der Waals surface area contributed by atoms with Crippen LogP contribution in [0.2, 0.25) is 0 Å². The number of fused-ring (bicyclic) bond motifs is 1. The first-order valence-corrected chi connectivity index (χ1v) is 9.44. The molecular weight excluding hydrogens is 374 g/mol. The molecule has 28 heavy (non-hydrogen) atoms. The molecule has 0 saturated heterocycles. The van der Waals surface area contributed by atoms with Crippen LogP contribution in [-0.2, 0) is 6.42 Å². The molecule has 0 saturated carbocycles. The minimum absolute atomic E-state index is 0.248. The van der Waals surface area contributed by atoms with Crippen LogP contribution in [0.15, 0.2) is 58.4 Å². The van der Waals surface area contributed by atoms with Crippen molar-refractivity contribution >= 4 is 28.1 Å². The van der Waals surface area contributed by atoms with E-state index in [-0.39, 0.29) is 16.2 Å². The molecule has 4 aromatic rings. The van der Waals surface area contributed by atoms with Gasteiger partial charge in [-0.25, -0.2) is 0 Å². The van der Waals surface area contributed by atoms with Gasteiger partial charge in [0.05, 0.1) is 4.53 Å². The van der Waals surface area contributed by atoms with Gasteiger partial charge in [-0.05, 0) is 35.4 Å². The molecule has 0 fully saturated rings. The van der Waals surface area contributed by atoms with Crippen LogP contribution in [0.4, 0.5) is 5.69 Å². The molecule has 7 nitrogen and oxygen atoms in total. The van der Waals surface area contributed by atoms with E-state index in [1.807, 2.05) is 49.3 Å². The maximum absolute atomic E-state index is 12.7. The van der Waals surface area contributed by atoms with E-state index in [4.69, 9.17) is 0 Å². The van der Waals surface area contributed by atoms with Gasteiger partial charge < -0.3 is 4.90 Å². The van der Waals surface area contributed by atoms with Gasteiger partial charge >= 0.3 is 0 Å². The summed E-state index contributed by atoms with van der Waals surface area (Å²) in [5.74, 6) is 0. The normalized spacial score (nSPS) is 11.9. The molecule has 0 spiro atoms. The first-order chi connectivity index (χ1) is 13.5. The van der Waals surface area contributed by atoms with Crippen molar-refractivity contribution in [2.75, 3.05) is 19.0 Å². The van der Waals surface area contributed by atoms with Crippen LogP contribution in [0.5, 0.6) is 0 Å². The SMILES string of the molecule is CN(C)c1ccc(Cc2nn3c(=O)/c(=C/c4cccnc4)sc3nc2=O)cc1. The number of benzene rings is 1. The molecule has 0 aliphatic carbocycles. The highest BCUT2D eigenvalue weighted by atomic mass is 32.1. The smallest absolute Gasteiger partial charge is 0.296 e. The quantitative estimate of drug-likeness (QED) is 0.519. The summed E-state index contributed by atoms with van der Waals surface area (Å²) in [6.07, 6.45) is 5.37. The number of nitrogens with zero attached hydrogens (tertiary/aromatic N) is 5. The molecule has 0 radical (unpaired) electrons. The van der Waals surface area contributed by atoms with Crippen molar-refractivity contribution in [3.63, 3.8) is 0 Å². The zero-order chi connectivity index (χ0) is 19.7. The fourth-order valence-electron chi connectivity index (χ4n) is 2.77. The Balaban J connectivity index is 1.74. The fourth-order valence-corrected chi connectivity index (χ4v) is 3.67. The third-order valence-corrected chi connectivity index (χ3v) is 5.22. The molecule has 0 aliphatic heterocycles. The van der Waals surface area contributed by atoms with E-state index in [2.05, 4.69) is 15.1 Å². The van der Waals surface area contributed by atoms with Crippen LogP contribution in [-0.4, -0.2) is 33.7 Å². The number of hydrogen-bond acceptors (Lipinski definition) is 7. The Hall–Kier alpha value is -3.39. The number of pyridine rings is 1. The van der Waals surface area contributed by atoms with E-state index in [9.17, 15) is 9.59 Å². The lowest BCUT2D eigenvalue weighted by molar-refractivity contribution is 0.811. The molecule has 3 heterocycles. The summed E-state index contributed by atoms with van der Waals surface area (Å²) in [6, 6.07) is 11.5. The van der Waals surface area contributed by atoms with E-state index < -0.39 is 5.56 Å². The molecule has 4 rings (SSSR count). The Morgan fingerprint density at radius 3 is 2.61 bits per heavy atom. The lowest BCUT2D eigenvalue weighted by atomic mass is 10.1. The average Bonchev–Trinajstić information content (AvgIpc) is 2.98. The zero-order valence-corrected chi connectivity index (χ0v) is 16.2. The summed E-state index contributed by atoms with van der Waals surface area (Å²) < 4.78 is 1.66. The molecule has 0 amide bonds. The topological polar surface area (TPSA) is 80.5 Å². The van der Waals surface area contributed by atoms with Crippen molar-refractivity contribution in [1.29, 1.82) is 0 Å². The number of aromatic nitrogens is 4. The van der Waals surface area contributed by atoms with Gasteiger partial charge in [-0.15, -0.1) is 0 Å². The van der Waals surface area contributed by atoms with Crippen molar-refractivity contribution in [1.82, 2.24) is 19.6 Å². The van der Waals surface area contributed by atoms with Crippen molar-refractivity contribution in [2.45, 2.75) is 6.42 Å². The third-order valence-electron chi connectivity index (χ3n) is 4.26. The van der Waals surface area contributed by atoms with E-state index >= 15 is 0 Å². The average molecular weight is 391 g/mol. The fraction of sp³-hybridized carbons (Fsp3) is 0.150. The van der Waals surface area contributed by atoms with E-state index in [1.165, 1.54) is 4.52 Å². The van der Waals surface area contributed by atoms with Gasteiger partial charge in [0.25, 0.3) is 11.1 Å². The molecule has 0 atom stereocenters. The summed E-state index contributed by atoms with van der Waals surface area (Å²) in [7, 11) is 3.93. The van der Waals surface area contributed by atoms with Gasteiger partial charge in [0.2, 0.25) is 4.96 Å². The molecular formula is C20H17N5O2S. The first-order valence-electron chi connectivity index (χ1n) is 8.62. The summed E-state index contributed by atoms with van der Waals surface area (Å²) in [5.41, 5.74) is 2.35. The standard InChI is InChI=1S/C20H17N5O2S/c1-24(2)15-7-5-13(6-8-15)10-16-18(26)22-20-25(23-16)19(27)17(28-20)11-14-4-3-9-21-12-14/h3-9,11-12H,10H2,1-2H3/b17-11-. The van der Waals surface area contributed by atoms with E-state index in [0.717, 1.165) is 28.2 Å². The third kappa shape index (κ3) is 3.54. The highest BCUT2D eigenvalue weighted by molar-refractivity contribution is 7.15. The van der Waals surface area contributed by atoms with Gasteiger partial charge in [0, 0.05) is 38.6 Å². The van der Waals surface area contributed by atoms with Gasteiger partial charge in [0.1, 0.15) is 5.69 Å². The van der Waals surface area contributed by atoms with Crippen molar-refractivity contribution in [2.24, 2.45) is 0 Å². The van der Waals surface area contributed by atoms with Crippen molar-refractivity contribution in [3.8, 4) is 0 Å². The van der Waals surface area contributed by atoms with Crippen molar-refractivity contribution in [3.05, 3.63) is 90.9 Å². The van der Waals surface area contributed by atoms with Crippen LogP contribution in [0.3, 0.4) is 0 Å². The molecule has 3 aromatic heterocycles. The highest BCUT2D eigenvalue weighted by Crippen LogP contribution is 2.13. The van der Waals surface area contributed by atoms with Gasteiger partial charge in [0.15, 0.2) is 0 Å². The number of hydrogen-bond donors (Lipinski definition) is 0. The lowest BCUT2D eigenvalue weighted by Gasteiger charge is -2.12. The maximum atomic E-state index is 12.7. The Kier molecular flexibility index (Phi) is 4.70. The largest absolute Gasteiger partial charge is 0.378 e. The number of anilines is 1. The Morgan fingerprint density at radius 2 is 1.93 bits per heavy atom. The Morgan fingerprint density at radius 1 is 1.14 bits per heavy atom. The summed E-state index contributed by atoms with van der Waals surface area (Å²) in [5, 5.41) is 4.28. The van der Waals surface area contributed by atoms with E-state index in [1.54, 1.807) is 24.5 Å². The van der Waals surface area contributed by atoms with Crippen LogP contribution < -0.4 is 20.6 Å². The van der Waals surface area contributed by atoms with Crippen molar-refractivity contribution < 1.29 is 0 Å². The van der Waals surface area contributed by atoms with Gasteiger partial charge in [-0.1, -0.05) is 29.5 Å². The first kappa shape index (κ1) is 18.0. The van der Waals surface area contributed by atoms with E-state index in [0.29, 0.717) is 11.0 Å². The summed E-state index contributed by atoms with van der Waals surface area (Å²) in [4.78, 5) is 35.4. The minimum Gasteiger partial charge on any atom is -0.378 e. The minimum atomic E-state index is -0.411. The number of thiazole rings is 1. The number of rotatable bonds is 4. The second-order valence-electron chi connectivity index (χ2n) is 6.50. The van der Waals surface area contributed by atoms with Crippen LogP contribution in [0, 0.1) is 0 Å². The molecule has 8 heteroatoms. The maximum Gasteiger partial charge on any atom is 0.296 e. The Labute approximate surface area is 164 Å². The molecule has 0 N–H and O–H groups in total. The molecule has 0 unspecified atom stereocenters. The molecule has 0 bridgehead atoms. The van der Waals surface area contributed by atoms with Crippen LogP contribution in [0.25, 0.3) is 11.0 Å². The second kappa shape index (κ2) is 7.32. The molecule has 1 aromatic carbocycles. The lowest BCUT2D eigenvalue weighted by Crippen LogP contribution is -2.28. The monoisotopic (exact) mass is 391 g/mol. The molecule has 140 valence electrons. The summed E-state index contributed by atoms with van der Waals surface area (Å²) >= 11 is 1.14. The van der Waals surface area contributed by atoms with Crippen LogP contribution >= 0.6 is 11.3 Å². The second-order valence-corrected chi connectivity index (χ2v) is 7.51. The highest BCUT2D eigenvalue weighted by Gasteiger charge is 2.12.